The van der Waals surface area contributed by atoms with Crippen molar-refractivity contribution >= 4 is 33.4 Å². The summed E-state index contributed by atoms with van der Waals surface area (Å²) in [6.45, 7) is 4.77. The van der Waals surface area contributed by atoms with Crippen LogP contribution in [-0.4, -0.2) is 6.10 Å². The summed E-state index contributed by atoms with van der Waals surface area (Å²) in [7, 11) is 0. The molecule has 0 fully saturated rings. The molecule has 0 amide bonds. The van der Waals surface area contributed by atoms with Gasteiger partial charge in [0.1, 0.15) is 11.9 Å². The lowest BCUT2D eigenvalue weighted by molar-refractivity contribution is 0.269. The normalized spacial score (nSPS) is 16.9. The van der Waals surface area contributed by atoms with Crippen molar-refractivity contribution in [2.45, 2.75) is 31.3 Å². The first-order valence-corrected chi connectivity index (χ1v) is 20.0. The van der Waals surface area contributed by atoms with Crippen LogP contribution < -0.4 is 9.64 Å². The van der Waals surface area contributed by atoms with Gasteiger partial charge in [-0.15, -0.1) is 0 Å². The molecule has 1 aliphatic heterocycles. The van der Waals surface area contributed by atoms with E-state index in [0.717, 1.165) is 22.8 Å². The van der Waals surface area contributed by atoms with Gasteiger partial charge in [0.25, 0.3) is 0 Å². The fourth-order valence-electron chi connectivity index (χ4n) is 9.43. The van der Waals surface area contributed by atoms with Crippen molar-refractivity contribution in [1.29, 1.82) is 0 Å². The van der Waals surface area contributed by atoms with Gasteiger partial charge >= 0.3 is 0 Å². The van der Waals surface area contributed by atoms with Crippen LogP contribution in [0.25, 0.3) is 49.7 Å². The zero-order valence-electron chi connectivity index (χ0n) is 32.1. The van der Waals surface area contributed by atoms with E-state index in [2.05, 4.69) is 219 Å². The molecule has 0 N–H and O–H groups in total. The van der Waals surface area contributed by atoms with Gasteiger partial charge in [-0.25, -0.2) is 0 Å². The Morgan fingerprint density at radius 3 is 1.98 bits per heavy atom. The van der Waals surface area contributed by atoms with E-state index in [-0.39, 0.29) is 17.4 Å². The quantitative estimate of drug-likeness (QED) is 0.169. The lowest BCUT2D eigenvalue weighted by Crippen LogP contribution is -2.18. The molecule has 0 saturated carbocycles. The van der Waals surface area contributed by atoms with Crippen LogP contribution >= 0.6 is 0 Å². The molecule has 0 aromatic heterocycles. The first kappa shape index (κ1) is 33.4. The van der Waals surface area contributed by atoms with Gasteiger partial charge < -0.3 is 9.64 Å². The molecular weight excluding hydrogens is 691 g/mol. The Bertz CT molecular complexity index is 2910. The number of hydrogen-bond donors (Lipinski definition) is 0. The predicted molar refractivity (Wildman–Crippen MR) is 238 cm³/mol. The van der Waals surface area contributed by atoms with E-state index in [9.17, 15) is 0 Å². The zero-order valence-corrected chi connectivity index (χ0v) is 32.1. The molecule has 0 spiro atoms. The van der Waals surface area contributed by atoms with Crippen molar-refractivity contribution in [2.75, 3.05) is 4.90 Å². The Balaban J connectivity index is 0.978. The van der Waals surface area contributed by atoms with Crippen LogP contribution in [0, 0.1) is 0 Å². The summed E-state index contributed by atoms with van der Waals surface area (Å²) < 4.78 is 6.27. The lowest BCUT2D eigenvalue weighted by Gasteiger charge is -2.29. The average Bonchev–Trinajstić information content (AvgIpc) is 3.75. The number of hydrogen-bond acceptors (Lipinski definition) is 2. The molecule has 57 heavy (non-hydrogen) atoms. The summed E-state index contributed by atoms with van der Waals surface area (Å²) >= 11 is 0. The van der Waals surface area contributed by atoms with Gasteiger partial charge in [-0.3, -0.25) is 0 Å². The summed E-state index contributed by atoms with van der Waals surface area (Å²) in [5.41, 5.74) is 17.2. The zero-order chi connectivity index (χ0) is 38.1. The third-order valence-electron chi connectivity index (χ3n) is 12.4. The molecule has 1 heterocycles. The average molecular weight is 732 g/mol. The van der Waals surface area contributed by atoms with Crippen molar-refractivity contribution in [2.24, 2.45) is 0 Å². The first-order valence-electron chi connectivity index (χ1n) is 20.0. The highest BCUT2D eigenvalue weighted by Gasteiger charge is 2.37. The molecule has 272 valence electrons. The van der Waals surface area contributed by atoms with Crippen LogP contribution in [-0.2, 0) is 5.41 Å². The maximum absolute atomic E-state index is 6.27. The monoisotopic (exact) mass is 731 g/mol. The number of ether oxygens (including phenoxy) is 1. The Morgan fingerprint density at radius 2 is 1.14 bits per heavy atom. The minimum absolute atomic E-state index is 0.0615. The summed E-state index contributed by atoms with van der Waals surface area (Å²) in [5, 5.41) is 2.44. The molecule has 8 aromatic carbocycles. The van der Waals surface area contributed by atoms with E-state index >= 15 is 0 Å². The van der Waals surface area contributed by atoms with Crippen LogP contribution in [0.3, 0.4) is 0 Å². The van der Waals surface area contributed by atoms with Gasteiger partial charge in [0.2, 0.25) is 0 Å². The maximum atomic E-state index is 6.27. The van der Waals surface area contributed by atoms with E-state index in [0.29, 0.717) is 0 Å². The second-order valence-corrected chi connectivity index (χ2v) is 16.1. The number of rotatable bonds is 6. The number of anilines is 3. The number of allylic oxidation sites excluding steroid dienone is 2. The second kappa shape index (κ2) is 13.1. The SMILES string of the molecule is CC1(C)c2cc(C3=CC4c5ccccc5OC4C=C3)ccc2-c2ccc(N(c3ccc(-c4cccc(-c5ccccc5)c4)cc3)c3cccc4ccccc34)cc21. The van der Waals surface area contributed by atoms with Crippen LogP contribution in [0.4, 0.5) is 17.1 Å². The van der Waals surface area contributed by atoms with E-state index in [4.69, 9.17) is 4.74 Å². The molecule has 2 nitrogen and oxygen atoms in total. The van der Waals surface area contributed by atoms with E-state index < -0.39 is 0 Å². The number of benzene rings is 8. The minimum atomic E-state index is -0.195. The smallest absolute Gasteiger partial charge is 0.128 e. The second-order valence-electron chi connectivity index (χ2n) is 16.1. The molecule has 2 atom stereocenters. The van der Waals surface area contributed by atoms with E-state index in [1.165, 1.54) is 72.0 Å². The minimum Gasteiger partial charge on any atom is -0.485 e. The molecule has 8 aromatic rings. The summed E-state index contributed by atoms with van der Waals surface area (Å²) in [6, 6.07) is 66.5. The Labute approximate surface area is 334 Å². The van der Waals surface area contributed by atoms with E-state index in [1.807, 2.05) is 0 Å². The van der Waals surface area contributed by atoms with E-state index in [1.54, 1.807) is 0 Å². The molecule has 0 saturated heterocycles. The molecule has 2 unspecified atom stereocenters. The van der Waals surface area contributed by atoms with Crippen molar-refractivity contribution in [1.82, 2.24) is 0 Å². The van der Waals surface area contributed by atoms with Gasteiger partial charge in [0.15, 0.2) is 0 Å². The van der Waals surface area contributed by atoms with Crippen molar-refractivity contribution in [3.63, 3.8) is 0 Å². The fraction of sp³-hybridized carbons (Fsp3) is 0.0909. The number of nitrogens with zero attached hydrogens (tertiary/aromatic N) is 1. The summed E-state index contributed by atoms with van der Waals surface area (Å²) in [4.78, 5) is 2.44. The molecule has 2 heteroatoms. The van der Waals surface area contributed by atoms with Crippen molar-refractivity contribution < 1.29 is 4.74 Å². The number of fused-ring (bicyclic) bond motifs is 7. The predicted octanol–water partition coefficient (Wildman–Crippen LogP) is 14.4. The molecule has 2 aliphatic carbocycles. The molecule has 3 aliphatic rings. The molecular formula is C55H41NO. The maximum Gasteiger partial charge on any atom is 0.128 e. The summed E-state index contributed by atoms with van der Waals surface area (Å²) in [5.74, 6) is 1.23. The first-order chi connectivity index (χ1) is 28.0. The van der Waals surface area contributed by atoms with Gasteiger partial charge in [0.05, 0.1) is 5.69 Å². The van der Waals surface area contributed by atoms with Crippen molar-refractivity contribution in [3.8, 4) is 39.1 Å². The van der Waals surface area contributed by atoms with Gasteiger partial charge in [-0.1, -0.05) is 159 Å². The van der Waals surface area contributed by atoms with Crippen LogP contribution in [0.15, 0.2) is 200 Å². The van der Waals surface area contributed by atoms with Crippen LogP contribution in [0.2, 0.25) is 0 Å². The highest BCUT2D eigenvalue weighted by Crippen LogP contribution is 2.52. The number of para-hydroxylation sites is 1. The van der Waals surface area contributed by atoms with Gasteiger partial charge in [-0.2, -0.15) is 0 Å². The van der Waals surface area contributed by atoms with Gasteiger partial charge in [-0.05, 0) is 116 Å². The lowest BCUT2D eigenvalue weighted by atomic mass is 9.80. The Morgan fingerprint density at radius 1 is 0.509 bits per heavy atom. The summed E-state index contributed by atoms with van der Waals surface area (Å²) in [6.07, 6.45) is 6.94. The fourth-order valence-corrected chi connectivity index (χ4v) is 9.43. The standard InChI is InChI=1S/C55H41NO/c1-55(2)50-34-42(41-25-31-54-49(33-41)48-19-8-9-21-53(48)57-54)24-29-46(50)47-30-28-44(35-51(47)55)56(52-20-11-15-38-14-6-7-18-45(38)52)43-26-22-37(23-27-43)40-17-10-16-39(32-40)36-12-4-3-5-13-36/h3-35,49,54H,1-2H3. The topological polar surface area (TPSA) is 12.5 Å². The van der Waals surface area contributed by atoms with Crippen molar-refractivity contribution in [3.05, 3.63) is 222 Å². The molecule has 0 radical (unpaired) electrons. The third-order valence-corrected chi connectivity index (χ3v) is 12.4. The Kier molecular flexibility index (Phi) is 7.69. The highest BCUT2D eigenvalue weighted by molar-refractivity contribution is 5.99. The third kappa shape index (κ3) is 5.55. The largest absolute Gasteiger partial charge is 0.485 e. The highest BCUT2D eigenvalue weighted by atomic mass is 16.5. The van der Waals surface area contributed by atoms with Crippen LogP contribution in [0.5, 0.6) is 5.75 Å². The molecule has 0 bridgehead atoms. The molecule has 11 rings (SSSR count). The van der Waals surface area contributed by atoms with Crippen LogP contribution in [0.1, 0.15) is 42.0 Å². The Hall–Kier alpha value is -6.90. The van der Waals surface area contributed by atoms with Gasteiger partial charge in [0, 0.05) is 33.7 Å².